The number of esters is 2. The van der Waals surface area contributed by atoms with Crippen molar-refractivity contribution in [1.29, 1.82) is 0 Å². The number of rotatable bonds is 6. The maximum absolute atomic E-state index is 12.0. The van der Waals surface area contributed by atoms with Gasteiger partial charge in [-0.05, 0) is 58.7 Å². The molecule has 0 aromatic heterocycles. The molecule has 0 spiro atoms. The molecular formula is C23H24O4. The van der Waals surface area contributed by atoms with Crippen LogP contribution in [0.25, 0.3) is 21.5 Å². The van der Waals surface area contributed by atoms with Crippen LogP contribution in [0.2, 0.25) is 0 Å². The van der Waals surface area contributed by atoms with Crippen molar-refractivity contribution < 1.29 is 19.1 Å². The van der Waals surface area contributed by atoms with Crippen LogP contribution in [0.1, 0.15) is 38.9 Å². The number of carbonyl (C=O) groups is 2. The van der Waals surface area contributed by atoms with Gasteiger partial charge in [0.15, 0.2) is 6.61 Å². The largest absolute Gasteiger partial charge is 0.455 e. The number of hydrogen-bond acceptors (Lipinski definition) is 4. The lowest BCUT2D eigenvalue weighted by Crippen LogP contribution is -2.21. The Bertz CT molecular complexity index is 976. The molecule has 0 heterocycles. The van der Waals surface area contributed by atoms with Gasteiger partial charge in [-0.2, -0.15) is 0 Å². The summed E-state index contributed by atoms with van der Waals surface area (Å²) >= 11 is 0. The van der Waals surface area contributed by atoms with Crippen LogP contribution in [0.3, 0.4) is 0 Å². The van der Waals surface area contributed by atoms with E-state index in [1.807, 2.05) is 44.2 Å². The molecule has 0 aliphatic rings. The number of benzene rings is 3. The third-order valence-electron chi connectivity index (χ3n) is 4.85. The molecule has 0 saturated heterocycles. The van der Waals surface area contributed by atoms with Gasteiger partial charge < -0.3 is 9.47 Å². The van der Waals surface area contributed by atoms with Gasteiger partial charge in [0.25, 0.3) is 0 Å². The summed E-state index contributed by atoms with van der Waals surface area (Å²) in [5.41, 5.74) is 0.902. The molecule has 0 aliphatic heterocycles. The van der Waals surface area contributed by atoms with Crippen LogP contribution in [0.4, 0.5) is 0 Å². The van der Waals surface area contributed by atoms with Crippen LogP contribution >= 0.6 is 0 Å². The summed E-state index contributed by atoms with van der Waals surface area (Å²) in [5, 5.41) is 4.60. The van der Waals surface area contributed by atoms with E-state index in [1.54, 1.807) is 6.92 Å². The molecule has 27 heavy (non-hydrogen) atoms. The molecule has 0 N–H and O–H groups in total. The standard InChI is InChI=1S/C23H24O4/c1-4-15(2)23(25)26-14-22(24)27-16(3)17-9-10-20-12-18-7-5-6-8-19(18)13-21(20)11-17/h5-13,15-16H,4,14H2,1-3H3. The smallest absolute Gasteiger partial charge is 0.344 e. The highest BCUT2D eigenvalue weighted by Crippen LogP contribution is 2.27. The molecule has 140 valence electrons. The lowest BCUT2D eigenvalue weighted by Gasteiger charge is -2.15. The van der Waals surface area contributed by atoms with Crippen LogP contribution in [-0.4, -0.2) is 18.5 Å². The Hall–Kier alpha value is -2.88. The van der Waals surface area contributed by atoms with Gasteiger partial charge in [0.05, 0.1) is 5.92 Å². The number of carbonyl (C=O) groups excluding carboxylic acids is 2. The highest BCUT2D eigenvalue weighted by molar-refractivity contribution is 5.98. The van der Waals surface area contributed by atoms with Crippen molar-refractivity contribution in [1.82, 2.24) is 0 Å². The van der Waals surface area contributed by atoms with Gasteiger partial charge >= 0.3 is 11.9 Å². The van der Waals surface area contributed by atoms with E-state index in [2.05, 4.69) is 24.3 Å². The highest BCUT2D eigenvalue weighted by Gasteiger charge is 2.17. The first-order valence-corrected chi connectivity index (χ1v) is 9.26. The zero-order valence-electron chi connectivity index (χ0n) is 15.9. The van der Waals surface area contributed by atoms with Crippen LogP contribution in [0.15, 0.2) is 54.6 Å². The van der Waals surface area contributed by atoms with Crippen molar-refractivity contribution in [3.63, 3.8) is 0 Å². The molecule has 2 atom stereocenters. The SMILES string of the molecule is CCC(C)C(=O)OCC(=O)OC(C)c1ccc2cc3ccccc3cc2c1. The summed E-state index contributed by atoms with van der Waals surface area (Å²) in [7, 11) is 0. The molecule has 2 unspecified atom stereocenters. The average molecular weight is 364 g/mol. The van der Waals surface area contributed by atoms with Gasteiger partial charge in [0.2, 0.25) is 0 Å². The van der Waals surface area contributed by atoms with Gasteiger partial charge in [-0.25, -0.2) is 4.79 Å². The Morgan fingerprint density at radius 2 is 1.52 bits per heavy atom. The van der Waals surface area contributed by atoms with Crippen molar-refractivity contribution in [2.45, 2.75) is 33.3 Å². The van der Waals surface area contributed by atoms with E-state index in [-0.39, 0.29) is 18.5 Å². The summed E-state index contributed by atoms with van der Waals surface area (Å²) in [6, 6.07) is 18.5. The topological polar surface area (TPSA) is 52.6 Å². The van der Waals surface area contributed by atoms with Crippen LogP contribution in [-0.2, 0) is 19.1 Å². The Morgan fingerprint density at radius 3 is 2.19 bits per heavy atom. The second-order valence-electron chi connectivity index (χ2n) is 6.86. The Kier molecular flexibility index (Phi) is 5.75. The molecule has 0 saturated carbocycles. The molecule has 0 fully saturated rings. The molecule has 0 bridgehead atoms. The minimum Gasteiger partial charge on any atom is -0.455 e. The molecule has 3 rings (SSSR count). The fraction of sp³-hybridized carbons (Fsp3) is 0.304. The number of ether oxygens (including phenoxy) is 2. The number of fused-ring (bicyclic) bond motifs is 2. The van der Waals surface area contributed by atoms with Crippen LogP contribution < -0.4 is 0 Å². The fourth-order valence-corrected chi connectivity index (χ4v) is 2.95. The molecule has 4 heteroatoms. The lowest BCUT2D eigenvalue weighted by atomic mass is 10.0. The van der Waals surface area contributed by atoms with E-state index in [0.717, 1.165) is 16.3 Å². The summed E-state index contributed by atoms with van der Waals surface area (Å²) in [6.45, 7) is 5.13. The Labute approximate surface area is 159 Å². The number of hydrogen-bond donors (Lipinski definition) is 0. The molecule has 3 aromatic rings. The molecule has 3 aromatic carbocycles. The van der Waals surface area contributed by atoms with Crippen molar-refractivity contribution in [2.24, 2.45) is 5.92 Å². The molecule has 4 nitrogen and oxygen atoms in total. The van der Waals surface area contributed by atoms with Crippen molar-refractivity contribution in [3.05, 3.63) is 60.2 Å². The molecule has 0 radical (unpaired) electrons. The zero-order chi connectivity index (χ0) is 19.4. The zero-order valence-corrected chi connectivity index (χ0v) is 15.9. The van der Waals surface area contributed by atoms with Crippen molar-refractivity contribution >= 4 is 33.5 Å². The minimum absolute atomic E-state index is 0.217. The van der Waals surface area contributed by atoms with E-state index in [9.17, 15) is 9.59 Å². The van der Waals surface area contributed by atoms with Crippen LogP contribution in [0.5, 0.6) is 0 Å². The summed E-state index contributed by atoms with van der Waals surface area (Å²) in [5.74, 6) is -1.14. The van der Waals surface area contributed by atoms with E-state index in [4.69, 9.17) is 9.47 Å². The molecule has 0 aliphatic carbocycles. The summed E-state index contributed by atoms with van der Waals surface area (Å²) < 4.78 is 10.4. The Morgan fingerprint density at radius 1 is 0.889 bits per heavy atom. The van der Waals surface area contributed by atoms with Gasteiger partial charge in [-0.15, -0.1) is 0 Å². The summed E-state index contributed by atoms with van der Waals surface area (Å²) in [4.78, 5) is 23.6. The van der Waals surface area contributed by atoms with Gasteiger partial charge in [0, 0.05) is 0 Å². The second-order valence-corrected chi connectivity index (χ2v) is 6.86. The first-order chi connectivity index (χ1) is 13.0. The Balaban J connectivity index is 1.69. The lowest BCUT2D eigenvalue weighted by molar-refractivity contribution is -0.164. The summed E-state index contributed by atoms with van der Waals surface area (Å²) in [6.07, 6.45) is 0.256. The predicted molar refractivity (Wildman–Crippen MR) is 106 cm³/mol. The van der Waals surface area contributed by atoms with E-state index < -0.39 is 12.1 Å². The van der Waals surface area contributed by atoms with Crippen LogP contribution in [0, 0.1) is 5.92 Å². The first-order valence-electron chi connectivity index (χ1n) is 9.26. The van der Waals surface area contributed by atoms with E-state index in [1.165, 1.54) is 10.8 Å². The van der Waals surface area contributed by atoms with E-state index >= 15 is 0 Å². The second kappa shape index (κ2) is 8.21. The van der Waals surface area contributed by atoms with Gasteiger partial charge in [-0.3, -0.25) is 4.79 Å². The monoisotopic (exact) mass is 364 g/mol. The maximum Gasteiger partial charge on any atom is 0.344 e. The normalized spacial score (nSPS) is 13.3. The van der Waals surface area contributed by atoms with Gasteiger partial charge in [0.1, 0.15) is 6.10 Å². The maximum atomic E-state index is 12.0. The van der Waals surface area contributed by atoms with Crippen molar-refractivity contribution in [3.8, 4) is 0 Å². The highest BCUT2D eigenvalue weighted by atomic mass is 16.6. The quantitative estimate of drug-likeness (QED) is 0.446. The molecule has 0 amide bonds. The predicted octanol–water partition coefficient (Wildman–Crippen LogP) is 5.19. The third kappa shape index (κ3) is 4.45. The van der Waals surface area contributed by atoms with Crippen molar-refractivity contribution in [2.75, 3.05) is 6.61 Å². The molecular weight excluding hydrogens is 340 g/mol. The third-order valence-corrected chi connectivity index (χ3v) is 4.85. The van der Waals surface area contributed by atoms with E-state index in [0.29, 0.717) is 6.42 Å². The fourth-order valence-electron chi connectivity index (χ4n) is 2.95. The minimum atomic E-state index is -0.544. The average Bonchev–Trinajstić information content (AvgIpc) is 2.69. The first kappa shape index (κ1) is 18.9. The van der Waals surface area contributed by atoms with Gasteiger partial charge in [-0.1, -0.05) is 50.2 Å².